The predicted molar refractivity (Wildman–Crippen MR) is 73.5 cm³/mol. The van der Waals surface area contributed by atoms with E-state index in [2.05, 4.69) is 44.8 Å². The summed E-state index contributed by atoms with van der Waals surface area (Å²) in [4.78, 5) is 4.23. The molecule has 1 aromatic carbocycles. The Bertz CT molecular complexity index is 584. The van der Waals surface area contributed by atoms with Crippen LogP contribution in [0, 0.1) is 0 Å². The second-order valence-corrected chi connectivity index (χ2v) is 4.81. The smallest absolute Gasteiger partial charge is 0.112 e. The number of hydrogen-bond acceptors (Lipinski definition) is 4. The summed E-state index contributed by atoms with van der Waals surface area (Å²) in [6.45, 7) is 0.765. The Morgan fingerprint density at radius 3 is 2.67 bits per heavy atom. The zero-order valence-electron chi connectivity index (χ0n) is 9.63. The molecule has 0 atom stereocenters. The van der Waals surface area contributed by atoms with E-state index < -0.39 is 0 Å². The van der Waals surface area contributed by atoms with Gasteiger partial charge >= 0.3 is 0 Å². The van der Waals surface area contributed by atoms with Gasteiger partial charge in [-0.15, -0.1) is 11.3 Å². The summed E-state index contributed by atoms with van der Waals surface area (Å²) in [7, 11) is 0. The van der Waals surface area contributed by atoms with E-state index in [0.717, 1.165) is 28.5 Å². The molecular weight excluding hydrogens is 244 g/mol. The number of rotatable bonds is 4. The van der Waals surface area contributed by atoms with Crippen LogP contribution in [0.5, 0.6) is 0 Å². The molecule has 0 aliphatic carbocycles. The standard InChI is InChI=1S/C13H12N4S/c1-3-11(15-9-13-14-7-8-18-13)4-2-10(1)12-5-6-16-17-12/h1-8,15H,9H2,(H,16,17). The maximum atomic E-state index is 4.23. The minimum absolute atomic E-state index is 0.765. The lowest BCUT2D eigenvalue weighted by atomic mass is 10.1. The fourth-order valence-electron chi connectivity index (χ4n) is 1.70. The average Bonchev–Trinajstić information content (AvgIpc) is 3.10. The van der Waals surface area contributed by atoms with Crippen LogP contribution in [0.2, 0.25) is 0 Å². The van der Waals surface area contributed by atoms with Gasteiger partial charge in [-0.05, 0) is 23.8 Å². The van der Waals surface area contributed by atoms with Crippen molar-refractivity contribution < 1.29 is 0 Å². The third kappa shape index (κ3) is 2.41. The minimum atomic E-state index is 0.765. The largest absolute Gasteiger partial charge is 0.379 e. The predicted octanol–water partition coefficient (Wildman–Crippen LogP) is 3.15. The fraction of sp³-hybridized carbons (Fsp3) is 0.0769. The van der Waals surface area contributed by atoms with E-state index >= 15 is 0 Å². The van der Waals surface area contributed by atoms with Crippen LogP contribution >= 0.6 is 11.3 Å². The van der Waals surface area contributed by atoms with Gasteiger partial charge in [0.15, 0.2) is 0 Å². The van der Waals surface area contributed by atoms with Crippen LogP contribution in [0.25, 0.3) is 11.3 Å². The number of thiazole rings is 1. The van der Waals surface area contributed by atoms with Crippen molar-refractivity contribution in [3.8, 4) is 11.3 Å². The van der Waals surface area contributed by atoms with Crippen molar-refractivity contribution >= 4 is 17.0 Å². The number of nitrogens with zero attached hydrogens (tertiary/aromatic N) is 2. The molecule has 0 aliphatic heterocycles. The lowest BCUT2D eigenvalue weighted by Gasteiger charge is -2.05. The second-order valence-electron chi connectivity index (χ2n) is 3.83. The van der Waals surface area contributed by atoms with Gasteiger partial charge < -0.3 is 5.32 Å². The fourth-order valence-corrected chi connectivity index (χ4v) is 2.26. The van der Waals surface area contributed by atoms with Crippen molar-refractivity contribution in [2.24, 2.45) is 0 Å². The van der Waals surface area contributed by atoms with Gasteiger partial charge in [-0.2, -0.15) is 5.10 Å². The van der Waals surface area contributed by atoms with E-state index in [1.807, 2.05) is 17.6 Å². The molecule has 3 rings (SSSR count). The van der Waals surface area contributed by atoms with Crippen LogP contribution in [0.3, 0.4) is 0 Å². The van der Waals surface area contributed by atoms with Gasteiger partial charge in [0.2, 0.25) is 0 Å². The first-order chi connectivity index (χ1) is 8.92. The number of anilines is 1. The van der Waals surface area contributed by atoms with Crippen LogP contribution in [0.15, 0.2) is 48.1 Å². The van der Waals surface area contributed by atoms with Crippen molar-refractivity contribution in [1.82, 2.24) is 15.2 Å². The van der Waals surface area contributed by atoms with E-state index in [1.54, 1.807) is 17.5 Å². The highest BCUT2D eigenvalue weighted by Gasteiger charge is 1.99. The second kappa shape index (κ2) is 5.01. The Morgan fingerprint density at radius 2 is 2.00 bits per heavy atom. The molecule has 18 heavy (non-hydrogen) atoms. The molecule has 0 aliphatic rings. The molecule has 0 unspecified atom stereocenters. The summed E-state index contributed by atoms with van der Waals surface area (Å²) in [6.07, 6.45) is 3.58. The number of aromatic nitrogens is 3. The van der Waals surface area contributed by atoms with Crippen LogP contribution in [-0.2, 0) is 6.54 Å². The molecule has 2 heterocycles. The number of hydrogen-bond donors (Lipinski definition) is 2. The SMILES string of the molecule is c1cc(-c2ccc(NCc3nccs3)cc2)[nH]n1. The molecule has 3 aromatic rings. The van der Waals surface area contributed by atoms with Gasteiger partial charge in [-0.1, -0.05) is 12.1 Å². The Balaban J connectivity index is 1.68. The van der Waals surface area contributed by atoms with E-state index in [9.17, 15) is 0 Å². The third-order valence-corrected chi connectivity index (χ3v) is 3.40. The van der Waals surface area contributed by atoms with Gasteiger partial charge in [-0.3, -0.25) is 5.10 Å². The van der Waals surface area contributed by atoms with E-state index in [1.165, 1.54) is 0 Å². The van der Waals surface area contributed by atoms with Crippen molar-refractivity contribution in [2.45, 2.75) is 6.54 Å². The summed E-state index contributed by atoms with van der Waals surface area (Å²) in [5.41, 5.74) is 3.25. The van der Waals surface area contributed by atoms with E-state index in [0.29, 0.717) is 0 Å². The van der Waals surface area contributed by atoms with Crippen LogP contribution < -0.4 is 5.32 Å². The first-order valence-corrected chi connectivity index (χ1v) is 6.52. The Morgan fingerprint density at radius 1 is 1.11 bits per heavy atom. The molecule has 0 saturated heterocycles. The van der Waals surface area contributed by atoms with Crippen LogP contribution in [0.4, 0.5) is 5.69 Å². The lowest BCUT2D eigenvalue weighted by molar-refractivity contribution is 1.09. The summed E-state index contributed by atoms with van der Waals surface area (Å²) in [6, 6.07) is 10.2. The first-order valence-electron chi connectivity index (χ1n) is 5.64. The van der Waals surface area contributed by atoms with Crippen molar-refractivity contribution in [3.05, 3.63) is 53.1 Å². The maximum Gasteiger partial charge on any atom is 0.112 e. The molecule has 90 valence electrons. The summed E-state index contributed by atoms with van der Waals surface area (Å²) >= 11 is 1.66. The van der Waals surface area contributed by atoms with Gasteiger partial charge in [0, 0.05) is 23.5 Å². The zero-order valence-corrected chi connectivity index (χ0v) is 10.4. The molecule has 2 N–H and O–H groups in total. The van der Waals surface area contributed by atoms with Crippen molar-refractivity contribution in [1.29, 1.82) is 0 Å². The average molecular weight is 256 g/mol. The Kier molecular flexibility index (Phi) is 3.06. The normalized spacial score (nSPS) is 10.4. The molecule has 2 aromatic heterocycles. The highest BCUT2D eigenvalue weighted by molar-refractivity contribution is 7.09. The first kappa shape index (κ1) is 11.0. The minimum Gasteiger partial charge on any atom is -0.379 e. The lowest BCUT2D eigenvalue weighted by Crippen LogP contribution is -1.98. The number of H-pyrrole nitrogens is 1. The molecule has 0 radical (unpaired) electrons. The number of aromatic amines is 1. The molecule has 0 amide bonds. The number of nitrogens with one attached hydrogen (secondary N) is 2. The van der Waals surface area contributed by atoms with Gasteiger partial charge in [0.1, 0.15) is 5.01 Å². The molecule has 4 nitrogen and oxygen atoms in total. The van der Waals surface area contributed by atoms with Gasteiger partial charge in [0.25, 0.3) is 0 Å². The van der Waals surface area contributed by atoms with E-state index in [-0.39, 0.29) is 0 Å². The zero-order chi connectivity index (χ0) is 12.2. The van der Waals surface area contributed by atoms with Crippen LogP contribution in [-0.4, -0.2) is 15.2 Å². The van der Waals surface area contributed by atoms with Crippen molar-refractivity contribution in [3.63, 3.8) is 0 Å². The van der Waals surface area contributed by atoms with Gasteiger partial charge in [-0.25, -0.2) is 4.98 Å². The summed E-state index contributed by atoms with van der Waals surface area (Å²) in [5, 5.41) is 13.3. The molecule has 5 heteroatoms. The highest BCUT2D eigenvalue weighted by Crippen LogP contribution is 2.19. The number of benzene rings is 1. The quantitative estimate of drug-likeness (QED) is 0.754. The van der Waals surface area contributed by atoms with E-state index in [4.69, 9.17) is 0 Å². The molecule has 0 bridgehead atoms. The molecule has 0 fully saturated rings. The van der Waals surface area contributed by atoms with Crippen molar-refractivity contribution in [2.75, 3.05) is 5.32 Å². The topological polar surface area (TPSA) is 53.6 Å². The Labute approximate surface area is 109 Å². The third-order valence-electron chi connectivity index (χ3n) is 2.62. The summed E-state index contributed by atoms with van der Waals surface area (Å²) in [5.74, 6) is 0. The van der Waals surface area contributed by atoms with Crippen LogP contribution in [0.1, 0.15) is 5.01 Å². The highest BCUT2D eigenvalue weighted by atomic mass is 32.1. The molecule has 0 saturated carbocycles. The maximum absolute atomic E-state index is 4.23. The Hall–Kier alpha value is -2.14. The summed E-state index contributed by atoms with van der Waals surface area (Å²) < 4.78 is 0. The molecule has 0 spiro atoms. The monoisotopic (exact) mass is 256 g/mol. The molecular formula is C13H12N4S. The van der Waals surface area contributed by atoms with Gasteiger partial charge in [0.05, 0.1) is 12.2 Å².